The average Bonchev–Trinajstić information content (AvgIpc) is 2.62. The highest BCUT2D eigenvalue weighted by atomic mass is 16.5. The van der Waals surface area contributed by atoms with E-state index in [1.165, 1.54) is 0 Å². The van der Waals surface area contributed by atoms with Crippen LogP contribution in [0.3, 0.4) is 0 Å². The number of carbonyl (C=O) groups is 1. The van der Waals surface area contributed by atoms with E-state index in [2.05, 4.69) is 21.8 Å². The molecule has 2 fully saturated rings. The number of anilines is 1. The van der Waals surface area contributed by atoms with Crippen LogP contribution in [0.25, 0.3) is 0 Å². The molecule has 2 aliphatic rings. The second kappa shape index (κ2) is 7.05. The molecule has 6 nitrogen and oxygen atoms in total. The van der Waals surface area contributed by atoms with Gasteiger partial charge in [0.1, 0.15) is 0 Å². The summed E-state index contributed by atoms with van der Waals surface area (Å²) in [5.74, 6) is 1.23. The van der Waals surface area contributed by atoms with E-state index in [4.69, 9.17) is 4.74 Å². The number of amides is 1. The zero-order valence-electron chi connectivity index (χ0n) is 13.2. The minimum Gasteiger partial charge on any atom is -0.378 e. The normalized spacial score (nSPS) is 20.2. The van der Waals surface area contributed by atoms with Crippen LogP contribution in [-0.2, 0) is 16.0 Å². The zero-order chi connectivity index (χ0) is 15.4. The third-order valence-corrected chi connectivity index (χ3v) is 4.55. The van der Waals surface area contributed by atoms with Crippen LogP contribution in [0, 0.1) is 5.92 Å². The molecule has 3 heterocycles. The molecule has 0 aliphatic carbocycles. The first-order chi connectivity index (χ1) is 10.8. The number of hydrogen-bond donors (Lipinski definition) is 0. The molecular formula is C16H24N4O2. The van der Waals surface area contributed by atoms with Crippen LogP contribution in [0.2, 0.25) is 0 Å². The Labute approximate surface area is 131 Å². The quantitative estimate of drug-likeness (QED) is 0.837. The maximum atomic E-state index is 12.5. The summed E-state index contributed by atoms with van der Waals surface area (Å²) in [7, 11) is 0. The Balaban J connectivity index is 1.54. The van der Waals surface area contributed by atoms with Crippen molar-refractivity contribution < 1.29 is 9.53 Å². The largest absolute Gasteiger partial charge is 0.378 e. The van der Waals surface area contributed by atoms with Crippen molar-refractivity contribution in [2.24, 2.45) is 5.92 Å². The maximum absolute atomic E-state index is 12.5. The Hall–Kier alpha value is -1.69. The van der Waals surface area contributed by atoms with Gasteiger partial charge in [-0.15, -0.1) is 0 Å². The molecule has 6 heteroatoms. The van der Waals surface area contributed by atoms with E-state index < -0.39 is 0 Å². The Bertz CT molecular complexity index is 491. The van der Waals surface area contributed by atoms with Crippen molar-refractivity contribution in [2.75, 3.05) is 44.3 Å². The van der Waals surface area contributed by atoms with Crippen molar-refractivity contribution in [1.82, 2.24) is 14.9 Å². The molecule has 2 aliphatic heterocycles. The number of ether oxygens (including phenoxy) is 1. The van der Waals surface area contributed by atoms with Crippen LogP contribution in [0.5, 0.6) is 0 Å². The highest BCUT2D eigenvalue weighted by Gasteiger charge is 2.30. The topological polar surface area (TPSA) is 58.6 Å². The first-order valence-electron chi connectivity index (χ1n) is 8.20. The maximum Gasteiger partial charge on any atom is 0.225 e. The van der Waals surface area contributed by atoms with E-state index in [1.807, 2.05) is 17.3 Å². The third-order valence-electron chi connectivity index (χ3n) is 4.55. The number of hydrogen-bond acceptors (Lipinski definition) is 5. The summed E-state index contributed by atoms with van der Waals surface area (Å²) < 4.78 is 5.31. The zero-order valence-corrected chi connectivity index (χ0v) is 13.2. The second-order valence-electron chi connectivity index (χ2n) is 5.94. The molecule has 2 saturated heterocycles. The lowest BCUT2D eigenvalue weighted by Gasteiger charge is -2.35. The number of morpholine rings is 1. The van der Waals surface area contributed by atoms with E-state index in [0.717, 1.165) is 57.0 Å². The third kappa shape index (κ3) is 3.38. The lowest BCUT2D eigenvalue weighted by atomic mass is 9.95. The fourth-order valence-corrected chi connectivity index (χ4v) is 3.06. The highest BCUT2D eigenvalue weighted by molar-refractivity contribution is 5.79. The fraction of sp³-hybridized carbons (Fsp3) is 0.688. The van der Waals surface area contributed by atoms with Gasteiger partial charge in [-0.25, -0.2) is 9.97 Å². The highest BCUT2D eigenvalue weighted by Crippen LogP contribution is 2.22. The molecule has 1 aromatic heterocycles. The molecule has 0 saturated carbocycles. The molecular weight excluding hydrogens is 280 g/mol. The number of aryl methyl sites for hydroxylation is 1. The molecule has 22 heavy (non-hydrogen) atoms. The smallest absolute Gasteiger partial charge is 0.225 e. The number of aromatic nitrogens is 2. The van der Waals surface area contributed by atoms with Crippen molar-refractivity contribution in [3.63, 3.8) is 0 Å². The van der Waals surface area contributed by atoms with Crippen molar-refractivity contribution in [3.8, 4) is 0 Å². The van der Waals surface area contributed by atoms with Crippen molar-refractivity contribution in [3.05, 3.63) is 18.0 Å². The summed E-state index contributed by atoms with van der Waals surface area (Å²) in [6.45, 7) is 6.62. The van der Waals surface area contributed by atoms with Gasteiger partial charge in [0.05, 0.1) is 13.2 Å². The van der Waals surface area contributed by atoms with Crippen molar-refractivity contribution in [1.29, 1.82) is 0 Å². The van der Waals surface area contributed by atoms with Crippen molar-refractivity contribution in [2.45, 2.75) is 26.2 Å². The van der Waals surface area contributed by atoms with E-state index in [9.17, 15) is 4.79 Å². The van der Waals surface area contributed by atoms with E-state index in [-0.39, 0.29) is 5.92 Å². The van der Waals surface area contributed by atoms with E-state index >= 15 is 0 Å². The standard InChI is InChI=1S/C16H24N4O2/c1-2-13-11-17-16(18-12-13)20-5-3-14(4-6-20)15(21)19-7-9-22-10-8-19/h11-12,14H,2-10H2,1H3. The van der Waals surface area contributed by atoms with Gasteiger partial charge in [-0.05, 0) is 24.8 Å². The van der Waals surface area contributed by atoms with Crippen LogP contribution in [0.4, 0.5) is 5.95 Å². The predicted molar refractivity (Wildman–Crippen MR) is 83.7 cm³/mol. The number of carbonyl (C=O) groups excluding carboxylic acids is 1. The first-order valence-corrected chi connectivity index (χ1v) is 8.20. The predicted octanol–water partition coefficient (Wildman–Crippen LogP) is 1.11. The molecule has 3 rings (SSSR count). The van der Waals surface area contributed by atoms with E-state index in [0.29, 0.717) is 19.1 Å². The van der Waals surface area contributed by atoms with Crippen LogP contribution < -0.4 is 4.90 Å². The molecule has 0 atom stereocenters. The van der Waals surface area contributed by atoms with Gasteiger partial charge in [-0.3, -0.25) is 4.79 Å². The van der Waals surface area contributed by atoms with Gasteiger partial charge in [0.2, 0.25) is 11.9 Å². The van der Waals surface area contributed by atoms with Crippen LogP contribution in [0.1, 0.15) is 25.3 Å². The number of piperidine rings is 1. The molecule has 1 aromatic rings. The Morgan fingerprint density at radius 3 is 2.41 bits per heavy atom. The van der Waals surface area contributed by atoms with Gasteiger partial charge < -0.3 is 14.5 Å². The molecule has 0 radical (unpaired) electrons. The molecule has 0 aromatic carbocycles. The summed E-state index contributed by atoms with van der Waals surface area (Å²) in [6.07, 6.45) is 6.52. The molecule has 0 bridgehead atoms. The number of rotatable bonds is 3. The summed E-state index contributed by atoms with van der Waals surface area (Å²) >= 11 is 0. The Kier molecular flexibility index (Phi) is 4.87. The number of nitrogens with zero attached hydrogens (tertiary/aromatic N) is 4. The van der Waals surface area contributed by atoms with Crippen LogP contribution in [0.15, 0.2) is 12.4 Å². The van der Waals surface area contributed by atoms with Gasteiger partial charge in [0, 0.05) is 44.5 Å². The fourth-order valence-electron chi connectivity index (χ4n) is 3.06. The van der Waals surface area contributed by atoms with Gasteiger partial charge in [0.15, 0.2) is 0 Å². The van der Waals surface area contributed by atoms with Gasteiger partial charge in [-0.1, -0.05) is 6.92 Å². The van der Waals surface area contributed by atoms with Crippen molar-refractivity contribution >= 4 is 11.9 Å². The van der Waals surface area contributed by atoms with Gasteiger partial charge >= 0.3 is 0 Å². The monoisotopic (exact) mass is 304 g/mol. The Morgan fingerprint density at radius 1 is 1.18 bits per heavy atom. The lowest BCUT2D eigenvalue weighted by Crippen LogP contribution is -2.47. The van der Waals surface area contributed by atoms with Crippen LogP contribution in [-0.4, -0.2) is 60.2 Å². The molecule has 120 valence electrons. The second-order valence-corrected chi connectivity index (χ2v) is 5.94. The summed E-state index contributed by atoms with van der Waals surface area (Å²) in [6, 6.07) is 0. The lowest BCUT2D eigenvalue weighted by molar-refractivity contribution is -0.140. The molecule has 0 spiro atoms. The average molecular weight is 304 g/mol. The summed E-state index contributed by atoms with van der Waals surface area (Å²) in [5, 5.41) is 0. The molecule has 0 unspecified atom stereocenters. The molecule has 1 amide bonds. The van der Waals surface area contributed by atoms with Gasteiger partial charge in [-0.2, -0.15) is 0 Å². The van der Waals surface area contributed by atoms with Gasteiger partial charge in [0.25, 0.3) is 0 Å². The van der Waals surface area contributed by atoms with E-state index in [1.54, 1.807) is 0 Å². The minimum absolute atomic E-state index is 0.143. The summed E-state index contributed by atoms with van der Waals surface area (Å²) in [5.41, 5.74) is 1.15. The Morgan fingerprint density at radius 2 is 1.82 bits per heavy atom. The summed E-state index contributed by atoms with van der Waals surface area (Å²) in [4.78, 5) is 25.5. The first kappa shape index (κ1) is 15.2. The molecule has 0 N–H and O–H groups in total. The SMILES string of the molecule is CCc1cnc(N2CCC(C(=O)N3CCOCC3)CC2)nc1. The minimum atomic E-state index is 0.143. The van der Waals surface area contributed by atoms with Crippen LogP contribution >= 0.6 is 0 Å².